The van der Waals surface area contributed by atoms with Crippen LogP contribution in [0.15, 0.2) is 89.8 Å². The van der Waals surface area contributed by atoms with Crippen molar-refractivity contribution in [2.24, 2.45) is 0 Å². The lowest BCUT2D eigenvalue weighted by Crippen LogP contribution is -2.46. The molecule has 0 atom stereocenters. The van der Waals surface area contributed by atoms with Crippen LogP contribution in [0.2, 0.25) is 0 Å². The van der Waals surface area contributed by atoms with Crippen LogP contribution >= 0.6 is 0 Å². The summed E-state index contributed by atoms with van der Waals surface area (Å²) in [5.41, 5.74) is 2.65. The van der Waals surface area contributed by atoms with Gasteiger partial charge in [-0.3, -0.25) is 9.59 Å². The van der Waals surface area contributed by atoms with Gasteiger partial charge in [0.25, 0.3) is 5.91 Å². The molecular weight excluding hydrogens is 450 g/mol. The summed E-state index contributed by atoms with van der Waals surface area (Å²) in [5.74, 6) is -1.37. The number of rotatable bonds is 8. The maximum Gasteiger partial charge on any atom is 0.328 e. The van der Waals surface area contributed by atoms with Crippen molar-refractivity contribution in [1.82, 2.24) is 0 Å². The largest absolute Gasteiger partial charge is 0.454 e. The SMILES string of the molecule is O=C(COC(=O)C1(S(=O)(=O)c2ccccc2)CCCC1)Nc1ccccc1Cc1ccccc1. The van der Waals surface area contributed by atoms with E-state index in [1.165, 1.54) is 12.1 Å². The zero-order chi connectivity index (χ0) is 24.0. The summed E-state index contributed by atoms with van der Waals surface area (Å²) >= 11 is 0. The molecule has 1 aliphatic rings. The molecule has 3 aromatic rings. The van der Waals surface area contributed by atoms with E-state index in [1.807, 2.05) is 48.5 Å². The van der Waals surface area contributed by atoms with Crippen molar-refractivity contribution in [2.45, 2.75) is 41.7 Å². The fourth-order valence-electron chi connectivity index (χ4n) is 4.42. The molecule has 0 heterocycles. The summed E-state index contributed by atoms with van der Waals surface area (Å²) in [6.45, 7) is -0.551. The van der Waals surface area contributed by atoms with E-state index < -0.39 is 33.1 Å². The fraction of sp³-hybridized carbons (Fsp3) is 0.259. The van der Waals surface area contributed by atoms with Gasteiger partial charge in [-0.2, -0.15) is 0 Å². The molecule has 4 rings (SSSR count). The smallest absolute Gasteiger partial charge is 0.328 e. The van der Waals surface area contributed by atoms with Crippen LogP contribution in [0.25, 0.3) is 0 Å². The molecular formula is C27H27NO5S. The van der Waals surface area contributed by atoms with Gasteiger partial charge < -0.3 is 10.1 Å². The van der Waals surface area contributed by atoms with Crippen molar-refractivity contribution in [3.8, 4) is 0 Å². The number of carbonyl (C=O) groups excluding carboxylic acids is 2. The number of sulfone groups is 1. The Kier molecular flexibility index (Phi) is 7.12. The highest BCUT2D eigenvalue weighted by atomic mass is 32.2. The Hall–Kier alpha value is -3.45. The van der Waals surface area contributed by atoms with Gasteiger partial charge in [0.1, 0.15) is 0 Å². The normalized spacial score (nSPS) is 14.9. The van der Waals surface area contributed by atoms with Gasteiger partial charge in [0, 0.05) is 5.69 Å². The van der Waals surface area contributed by atoms with Gasteiger partial charge in [0.05, 0.1) is 4.90 Å². The summed E-state index contributed by atoms with van der Waals surface area (Å²) in [6, 6.07) is 25.2. The number of hydrogen-bond acceptors (Lipinski definition) is 5. The summed E-state index contributed by atoms with van der Waals surface area (Å²) in [5, 5.41) is 2.79. The molecule has 0 bridgehead atoms. The van der Waals surface area contributed by atoms with Crippen LogP contribution in [0.1, 0.15) is 36.8 Å². The van der Waals surface area contributed by atoms with E-state index in [1.54, 1.807) is 24.3 Å². The second-order valence-electron chi connectivity index (χ2n) is 8.46. The maximum absolute atomic E-state index is 13.4. The summed E-state index contributed by atoms with van der Waals surface area (Å²) in [4.78, 5) is 25.8. The number of para-hydroxylation sites is 1. The Balaban J connectivity index is 1.44. The molecule has 1 amide bonds. The molecule has 7 heteroatoms. The van der Waals surface area contributed by atoms with Gasteiger partial charge in [0.2, 0.25) is 0 Å². The molecule has 0 saturated heterocycles. The van der Waals surface area contributed by atoms with Crippen LogP contribution in [-0.2, 0) is 30.6 Å². The van der Waals surface area contributed by atoms with Crippen LogP contribution < -0.4 is 5.32 Å². The predicted octanol–water partition coefficient (Wildman–Crippen LogP) is 4.55. The predicted molar refractivity (Wildman–Crippen MR) is 130 cm³/mol. The first-order valence-corrected chi connectivity index (χ1v) is 12.8. The third-order valence-corrected chi connectivity index (χ3v) is 8.71. The zero-order valence-electron chi connectivity index (χ0n) is 18.8. The Morgan fingerprint density at radius 1 is 0.824 bits per heavy atom. The van der Waals surface area contributed by atoms with Crippen molar-refractivity contribution < 1.29 is 22.7 Å². The number of benzene rings is 3. The molecule has 176 valence electrons. The van der Waals surface area contributed by atoms with Crippen molar-refractivity contribution in [2.75, 3.05) is 11.9 Å². The quantitative estimate of drug-likeness (QED) is 0.481. The monoisotopic (exact) mass is 477 g/mol. The minimum atomic E-state index is -3.95. The topological polar surface area (TPSA) is 89.5 Å². The Bertz CT molecular complexity index is 1250. The molecule has 0 radical (unpaired) electrons. The van der Waals surface area contributed by atoms with Gasteiger partial charge in [-0.25, -0.2) is 8.42 Å². The number of nitrogens with one attached hydrogen (secondary N) is 1. The highest BCUT2D eigenvalue weighted by molar-refractivity contribution is 7.93. The first-order valence-electron chi connectivity index (χ1n) is 11.3. The minimum Gasteiger partial charge on any atom is -0.454 e. The van der Waals surface area contributed by atoms with Gasteiger partial charge in [0.15, 0.2) is 21.2 Å². The standard InChI is InChI=1S/C27H27NO5S/c29-25(28-24-16-8-7-13-22(24)19-21-11-3-1-4-12-21)20-33-26(30)27(17-9-10-18-27)34(31,32)23-14-5-2-6-15-23/h1-8,11-16H,9-10,17-20H2,(H,28,29). The Labute approximate surface area is 199 Å². The van der Waals surface area contributed by atoms with E-state index in [0.29, 0.717) is 24.9 Å². The summed E-state index contributed by atoms with van der Waals surface area (Å²) in [7, 11) is -3.95. The molecule has 1 aliphatic carbocycles. The van der Waals surface area contributed by atoms with Gasteiger partial charge >= 0.3 is 5.97 Å². The fourth-order valence-corrected chi connectivity index (χ4v) is 6.49. The molecule has 3 aromatic carbocycles. The van der Waals surface area contributed by atoms with Crippen molar-refractivity contribution in [3.05, 3.63) is 96.1 Å². The summed E-state index contributed by atoms with van der Waals surface area (Å²) in [6.07, 6.45) is 2.23. The molecule has 0 unspecified atom stereocenters. The highest BCUT2D eigenvalue weighted by Crippen LogP contribution is 2.41. The van der Waals surface area contributed by atoms with Crippen molar-refractivity contribution in [3.63, 3.8) is 0 Å². The molecule has 0 aliphatic heterocycles. The second-order valence-corrected chi connectivity index (χ2v) is 10.7. The number of anilines is 1. The summed E-state index contributed by atoms with van der Waals surface area (Å²) < 4.78 is 30.3. The third kappa shape index (κ3) is 4.89. The first-order chi connectivity index (χ1) is 16.4. The molecule has 34 heavy (non-hydrogen) atoms. The van der Waals surface area contributed by atoms with Gasteiger partial charge in [-0.1, -0.05) is 79.6 Å². The molecule has 6 nitrogen and oxygen atoms in total. The van der Waals surface area contributed by atoms with Gasteiger partial charge in [-0.15, -0.1) is 0 Å². The Morgan fingerprint density at radius 3 is 2.09 bits per heavy atom. The van der Waals surface area contributed by atoms with Crippen LogP contribution in [0.4, 0.5) is 5.69 Å². The van der Waals surface area contributed by atoms with E-state index in [2.05, 4.69) is 5.32 Å². The highest BCUT2D eigenvalue weighted by Gasteiger charge is 2.54. The molecule has 1 fully saturated rings. The van der Waals surface area contributed by atoms with Crippen LogP contribution in [0.5, 0.6) is 0 Å². The van der Waals surface area contributed by atoms with Gasteiger partial charge in [-0.05, 0) is 48.6 Å². The maximum atomic E-state index is 13.4. The van der Waals surface area contributed by atoms with Crippen molar-refractivity contribution >= 4 is 27.4 Å². The second kappa shape index (κ2) is 10.2. The van der Waals surface area contributed by atoms with Crippen molar-refractivity contribution in [1.29, 1.82) is 0 Å². The molecule has 0 spiro atoms. The first kappa shape index (κ1) is 23.7. The van der Waals surface area contributed by atoms with E-state index in [4.69, 9.17) is 4.74 Å². The number of amides is 1. The number of carbonyl (C=O) groups is 2. The number of ether oxygens (including phenoxy) is 1. The number of esters is 1. The lowest BCUT2D eigenvalue weighted by atomic mass is 10.0. The lowest BCUT2D eigenvalue weighted by Gasteiger charge is -2.26. The van der Waals surface area contributed by atoms with E-state index in [9.17, 15) is 18.0 Å². The molecule has 0 aromatic heterocycles. The zero-order valence-corrected chi connectivity index (χ0v) is 19.6. The van der Waals surface area contributed by atoms with Crippen LogP contribution in [0.3, 0.4) is 0 Å². The van der Waals surface area contributed by atoms with E-state index >= 15 is 0 Å². The average Bonchev–Trinajstić information content (AvgIpc) is 3.37. The van der Waals surface area contributed by atoms with E-state index in [-0.39, 0.29) is 17.7 Å². The number of hydrogen-bond donors (Lipinski definition) is 1. The van der Waals surface area contributed by atoms with E-state index in [0.717, 1.165) is 11.1 Å². The average molecular weight is 478 g/mol. The molecule has 1 saturated carbocycles. The molecule has 1 N–H and O–H groups in total. The minimum absolute atomic E-state index is 0.0909. The lowest BCUT2D eigenvalue weighted by molar-refractivity contribution is -0.149. The third-order valence-electron chi connectivity index (χ3n) is 6.21. The van der Waals surface area contributed by atoms with Crippen LogP contribution in [0, 0.1) is 0 Å². The van der Waals surface area contributed by atoms with Crippen LogP contribution in [-0.4, -0.2) is 31.6 Å². The Morgan fingerprint density at radius 2 is 1.41 bits per heavy atom.